The number of carbonyl (C=O) groups is 5. The molecular formula is C85H106ClF3N14O12S4. The number of sulfonamides is 1. The maximum Gasteiger partial charge on any atom is 0.501 e. The number of aliphatic hydroxyl groups excluding tert-OH is 1. The van der Waals surface area contributed by atoms with Crippen molar-refractivity contribution >= 4 is 107 Å². The van der Waals surface area contributed by atoms with Crippen molar-refractivity contribution in [2.24, 2.45) is 10.8 Å². The minimum atomic E-state index is -6.12. The van der Waals surface area contributed by atoms with Gasteiger partial charge in [-0.25, -0.2) is 26.5 Å². The summed E-state index contributed by atoms with van der Waals surface area (Å²) in [7, 11) is -11.0. The number of nitrogens with one attached hydrogen (secondary N) is 5. The number of likely N-dealkylation sites (tertiary alicyclic amines) is 1. The van der Waals surface area contributed by atoms with Crippen LogP contribution in [0.3, 0.4) is 0 Å². The van der Waals surface area contributed by atoms with Gasteiger partial charge < -0.3 is 55.4 Å². The van der Waals surface area contributed by atoms with E-state index in [1.54, 1.807) is 41.1 Å². The maximum atomic E-state index is 14.5. The number of amides is 5. The van der Waals surface area contributed by atoms with Crippen LogP contribution in [0.2, 0.25) is 5.02 Å². The molecule has 5 aliphatic rings. The molecule has 4 fully saturated rings. The van der Waals surface area contributed by atoms with Gasteiger partial charge in [-0.2, -0.15) is 13.2 Å². The lowest BCUT2D eigenvalue weighted by atomic mass is 9.71. The van der Waals surface area contributed by atoms with Crippen molar-refractivity contribution in [3.05, 3.63) is 178 Å². The number of halogens is 4. The Morgan fingerprint density at radius 1 is 0.790 bits per heavy atom. The van der Waals surface area contributed by atoms with Gasteiger partial charge in [0.05, 0.1) is 45.4 Å². The largest absolute Gasteiger partial charge is 0.501 e. The molecule has 0 bridgehead atoms. The SMILES string of the molecule is Cc1ncsc1-c1ccc([C@H](C)NC(=O)C2C[C@@H](O)CN2C(=O)[C@@H](NC(=O)COCCCNC(=O)c2ccc(N3CCN(C[C@]4(C)CCC(c5ccc(Cl)cc5)=C(CN5CCN(c6ccc(C(=O)NS(=O)(=O)c7ccc(N[C@H](CCN8CCCOCC8)CSc8ccccc8)c(S(=O)(=O)C(F)(F)F)c7)cc6)CC5)C4)CC3)nn2)C(C)(C)C)cc1. The van der Waals surface area contributed by atoms with E-state index in [-0.39, 0.29) is 49.4 Å². The third kappa shape index (κ3) is 23.8. The van der Waals surface area contributed by atoms with Crippen molar-refractivity contribution < 1.29 is 68.6 Å². The van der Waals surface area contributed by atoms with Crippen LogP contribution < -0.4 is 35.8 Å². The quantitative estimate of drug-likeness (QED) is 0.0169. The summed E-state index contributed by atoms with van der Waals surface area (Å²) in [6.45, 7) is 22.1. The number of benzene rings is 5. The molecule has 640 valence electrons. The van der Waals surface area contributed by atoms with Gasteiger partial charge in [-0.15, -0.1) is 33.3 Å². The Bertz CT molecular complexity index is 4920. The van der Waals surface area contributed by atoms with Crippen molar-refractivity contribution in [1.29, 1.82) is 0 Å². The highest BCUT2D eigenvalue weighted by molar-refractivity contribution is 7.99. The number of β-amino-alcohol motifs (C(OH)–C–C–N with tert-alkyl or cyclic N) is 1. The highest BCUT2D eigenvalue weighted by Gasteiger charge is 2.49. The molecular weight excluding hydrogens is 1630 g/mol. The Morgan fingerprint density at radius 3 is 2.18 bits per heavy atom. The number of hydrogen-bond donors (Lipinski definition) is 6. The predicted molar refractivity (Wildman–Crippen MR) is 456 cm³/mol. The summed E-state index contributed by atoms with van der Waals surface area (Å²) in [5, 5.41) is 31.8. The van der Waals surface area contributed by atoms with E-state index >= 15 is 0 Å². The molecule has 119 heavy (non-hydrogen) atoms. The number of thiazole rings is 1. The standard InChI is InChI=1S/C85H106ClF3N14O12S4/c1-57(59-14-16-61(17-15-59)77-58(2)91-56-117-77)92-81(108)73-48-67(104)52-103(73)82(109)78(83(3,4)5)94-76(105)53-115-45-10-33-90-80(107)72-28-29-75(96-95-72)102-42-38-100(39-43-102)55-84(6)32-30-70(60-18-22-64(86)23-19-60)63(50-84)51-99-36-40-101(41-37-99)66-24-20-62(21-25-66)79(106)97-119(112,113)69-26-27-71(74(49-69)118(110,111)85(87,88)89)93-65(54-116-68-12-8-7-9-13-68)31-35-98-34-11-46-114-47-44-98/h7-9,12-29,49,56-57,65,67,73,78,93,104H,10-11,30-48,50-55H2,1-6H3,(H,90,107)(H,92,108)(H,94,105)(H,97,106)/t57-,65+,67+,73?,78+,84+/m0/s1. The third-order valence-electron chi connectivity index (χ3n) is 22.5. The van der Waals surface area contributed by atoms with Crippen LogP contribution in [0.15, 0.2) is 159 Å². The van der Waals surface area contributed by atoms with Crippen molar-refractivity contribution in [2.45, 2.75) is 137 Å². The summed E-state index contributed by atoms with van der Waals surface area (Å²) in [6.07, 6.45) is 3.48. The molecule has 2 aromatic heterocycles. The summed E-state index contributed by atoms with van der Waals surface area (Å²) < 4.78 is 111. The van der Waals surface area contributed by atoms with E-state index in [0.717, 1.165) is 121 Å². The molecule has 6 N–H and O–H groups in total. The molecule has 5 aromatic carbocycles. The number of anilines is 3. The van der Waals surface area contributed by atoms with Gasteiger partial charge in [-0.05, 0) is 164 Å². The summed E-state index contributed by atoms with van der Waals surface area (Å²) >= 11 is 9.40. The van der Waals surface area contributed by atoms with E-state index in [4.69, 9.17) is 21.1 Å². The molecule has 1 unspecified atom stereocenters. The number of alkyl halides is 3. The van der Waals surface area contributed by atoms with E-state index < -0.39 is 106 Å². The first kappa shape index (κ1) is 89.6. The minimum absolute atomic E-state index is 0.0328. The van der Waals surface area contributed by atoms with Crippen LogP contribution in [0.4, 0.5) is 30.4 Å². The number of thioether (sulfide) groups is 1. The van der Waals surface area contributed by atoms with E-state index in [9.17, 15) is 59.1 Å². The fraction of sp³-hybridized carbons (Fsp3) is 0.482. The Balaban J connectivity index is 0.578. The minimum Gasteiger partial charge on any atom is -0.391 e. The van der Waals surface area contributed by atoms with Gasteiger partial charge in [0.15, 0.2) is 11.5 Å². The predicted octanol–water partition coefficient (Wildman–Crippen LogP) is 10.8. The third-order valence-corrected chi connectivity index (χ3v) is 27.8. The Hall–Kier alpha value is -8.61. The zero-order valence-electron chi connectivity index (χ0n) is 67.9. The number of carbonyl (C=O) groups excluding carboxylic acids is 5. The maximum absolute atomic E-state index is 14.5. The second-order valence-corrected chi connectivity index (χ2v) is 38.6. The van der Waals surface area contributed by atoms with Crippen LogP contribution in [0, 0.1) is 17.8 Å². The average molecular weight is 1740 g/mol. The first-order valence-corrected chi connectivity index (χ1v) is 45.5. The molecule has 5 amide bonds. The molecule has 34 heteroatoms. The number of aryl methyl sites for hydroxylation is 1. The topological polar surface area (TPSA) is 311 Å². The Labute approximate surface area is 707 Å². The van der Waals surface area contributed by atoms with Gasteiger partial charge in [0.2, 0.25) is 17.7 Å². The molecule has 1 aliphatic carbocycles. The zero-order valence-corrected chi connectivity index (χ0v) is 71.9. The van der Waals surface area contributed by atoms with Crippen molar-refractivity contribution in [3.63, 3.8) is 0 Å². The van der Waals surface area contributed by atoms with E-state index in [1.807, 2.05) is 106 Å². The summed E-state index contributed by atoms with van der Waals surface area (Å²) in [6, 6.07) is 34.6. The number of allylic oxidation sites excluding steroid dienone is 1. The summed E-state index contributed by atoms with van der Waals surface area (Å²) in [5.74, 6) is -1.89. The number of hydrogen-bond acceptors (Lipinski definition) is 23. The fourth-order valence-corrected chi connectivity index (χ4v) is 19.8. The monoisotopic (exact) mass is 1730 g/mol. The molecule has 0 saturated carbocycles. The van der Waals surface area contributed by atoms with Crippen LogP contribution in [0.1, 0.15) is 123 Å². The molecule has 4 saturated heterocycles. The lowest BCUT2D eigenvalue weighted by molar-refractivity contribution is -0.144. The number of ether oxygens (including phenoxy) is 2. The first-order chi connectivity index (χ1) is 56.8. The Kier molecular flexibility index (Phi) is 30.1. The van der Waals surface area contributed by atoms with E-state index in [1.165, 1.54) is 39.9 Å². The van der Waals surface area contributed by atoms with Gasteiger partial charge in [-0.1, -0.05) is 99.5 Å². The summed E-state index contributed by atoms with van der Waals surface area (Å²) in [4.78, 5) is 85.3. The number of rotatable bonds is 32. The molecule has 0 radical (unpaired) electrons. The van der Waals surface area contributed by atoms with Crippen molar-refractivity contribution in [2.75, 3.05) is 145 Å². The van der Waals surface area contributed by atoms with Gasteiger partial charge in [0.25, 0.3) is 31.7 Å². The highest BCUT2D eigenvalue weighted by atomic mass is 35.5. The Morgan fingerprint density at radius 2 is 1.50 bits per heavy atom. The second kappa shape index (κ2) is 39.9. The number of nitrogens with zero attached hydrogens (tertiary/aromatic N) is 9. The van der Waals surface area contributed by atoms with Crippen molar-refractivity contribution in [1.82, 2.24) is 55.5 Å². The van der Waals surface area contributed by atoms with Crippen LogP contribution in [-0.2, 0) is 43.7 Å². The van der Waals surface area contributed by atoms with E-state index in [0.29, 0.717) is 88.0 Å². The normalized spacial score (nSPS) is 19.7. The molecule has 6 heterocycles. The van der Waals surface area contributed by atoms with Gasteiger partial charge in [-0.3, -0.25) is 33.8 Å². The van der Waals surface area contributed by atoms with Gasteiger partial charge in [0.1, 0.15) is 23.6 Å². The summed E-state index contributed by atoms with van der Waals surface area (Å²) in [5.41, 5.74) is 2.38. The molecule has 4 aliphatic heterocycles. The number of sulfone groups is 1. The van der Waals surface area contributed by atoms with Crippen LogP contribution in [0.5, 0.6) is 0 Å². The second-order valence-electron chi connectivity index (χ2n) is 32.6. The smallest absolute Gasteiger partial charge is 0.391 e. The lowest BCUT2D eigenvalue weighted by Crippen LogP contribution is -2.58. The molecule has 7 aromatic rings. The fourth-order valence-electron chi connectivity index (χ4n) is 15.9. The average Bonchev–Trinajstić information content (AvgIpc) is 1.42. The van der Waals surface area contributed by atoms with E-state index in [2.05, 4.69) is 80.0 Å². The van der Waals surface area contributed by atoms with Crippen LogP contribution in [0.25, 0.3) is 16.0 Å². The van der Waals surface area contributed by atoms with Crippen LogP contribution in [-0.4, -0.2) is 246 Å². The van der Waals surface area contributed by atoms with Gasteiger partial charge >= 0.3 is 5.51 Å². The van der Waals surface area contributed by atoms with Gasteiger partial charge in [0, 0.05) is 151 Å². The molecule has 0 spiro atoms. The first-order valence-electron chi connectivity index (χ1n) is 40.3. The van der Waals surface area contributed by atoms with Crippen molar-refractivity contribution in [3.8, 4) is 10.4 Å². The molecule has 12 rings (SSSR count). The molecule has 26 nitrogen and oxygen atoms in total. The zero-order chi connectivity index (χ0) is 84.8. The number of aromatic nitrogens is 3. The van der Waals surface area contributed by atoms with Crippen LogP contribution >= 0.6 is 34.7 Å². The lowest BCUT2D eigenvalue weighted by Gasteiger charge is -2.44. The highest BCUT2D eigenvalue weighted by Crippen LogP contribution is 2.45. The number of aliphatic hydroxyl groups is 1. The number of piperazine rings is 2. The molecule has 6 atom stereocenters.